The Hall–Kier alpha value is -1.18. The number of nitrogens with one attached hydrogen (secondary N) is 1. The molecule has 2 heteroatoms. The molecular formula is C18H30N2. The largest absolute Gasteiger partial charge is 0.385 e. The SMILES string of the molecule is CCC(CC)N(CC(C)C)c1ccc2c(c1)NCCC2. The van der Waals surface area contributed by atoms with Crippen LogP contribution < -0.4 is 10.2 Å². The highest BCUT2D eigenvalue weighted by atomic mass is 15.2. The van der Waals surface area contributed by atoms with Gasteiger partial charge in [0.25, 0.3) is 0 Å². The Morgan fingerprint density at radius 1 is 1.20 bits per heavy atom. The smallest absolute Gasteiger partial charge is 0.0393 e. The zero-order chi connectivity index (χ0) is 14.5. The van der Waals surface area contributed by atoms with Crippen LogP contribution in [0.1, 0.15) is 52.5 Å². The average molecular weight is 274 g/mol. The van der Waals surface area contributed by atoms with Crippen molar-refractivity contribution in [2.75, 3.05) is 23.3 Å². The Morgan fingerprint density at radius 2 is 1.95 bits per heavy atom. The fourth-order valence-corrected chi connectivity index (χ4v) is 3.22. The van der Waals surface area contributed by atoms with E-state index in [1.54, 1.807) is 0 Å². The molecule has 20 heavy (non-hydrogen) atoms. The number of anilines is 2. The predicted octanol–water partition coefficient (Wildman–Crippen LogP) is 4.70. The van der Waals surface area contributed by atoms with Crippen LogP contribution in [-0.4, -0.2) is 19.1 Å². The van der Waals surface area contributed by atoms with Crippen molar-refractivity contribution in [2.24, 2.45) is 5.92 Å². The molecule has 0 bridgehead atoms. The van der Waals surface area contributed by atoms with Gasteiger partial charge in [0, 0.05) is 30.5 Å². The molecule has 1 aromatic rings. The third-order valence-electron chi connectivity index (χ3n) is 4.31. The van der Waals surface area contributed by atoms with Gasteiger partial charge in [0.05, 0.1) is 0 Å². The van der Waals surface area contributed by atoms with Crippen LogP contribution in [0.15, 0.2) is 18.2 Å². The summed E-state index contributed by atoms with van der Waals surface area (Å²) < 4.78 is 0. The first-order chi connectivity index (χ1) is 9.65. The van der Waals surface area contributed by atoms with Gasteiger partial charge < -0.3 is 10.2 Å². The maximum Gasteiger partial charge on any atom is 0.0393 e. The number of nitrogens with zero attached hydrogens (tertiary/aromatic N) is 1. The van der Waals surface area contributed by atoms with Gasteiger partial charge in [-0.15, -0.1) is 0 Å². The highest BCUT2D eigenvalue weighted by molar-refractivity contribution is 5.63. The molecule has 0 fully saturated rings. The Balaban J connectivity index is 2.27. The molecule has 0 radical (unpaired) electrons. The maximum atomic E-state index is 3.56. The van der Waals surface area contributed by atoms with Gasteiger partial charge in [0.1, 0.15) is 0 Å². The average Bonchev–Trinajstić information content (AvgIpc) is 2.46. The third kappa shape index (κ3) is 3.47. The molecule has 0 aliphatic carbocycles. The summed E-state index contributed by atoms with van der Waals surface area (Å²) in [4.78, 5) is 2.61. The van der Waals surface area contributed by atoms with Crippen LogP contribution in [0.3, 0.4) is 0 Å². The molecule has 0 amide bonds. The number of rotatable bonds is 6. The van der Waals surface area contributed by atoms with Gasteiger partial charge in [-0.2, -0.15) is 0 Å². The third-order valence-corrected chi connectivity index (χ3v) is 4.31. The minimum atomic E-state index is 0.652. The molecule has 2 nitrogen and oxygen atoms in total. The van der Waals surface area contributed by atoms with Crippen molar-refractivity contribution in [2.45, 2.75) is 59.4 Å². The summed E-state index contributed by atoms with van der Waals surface area (Å²) in [6.45, 7) is 11.5. The molecule has 1 aliphatic heterocycles. The normalized spacial score (nSPS) is 14.3. The van der Waals surface area contributed by atoms with Crippen molar-refractivity contribution in [3.05, 3.63) is 23.8 Å². The second-order valence-electron chi connectivity index (χ2n) is 6.39. The first kappa shape index (κ1) is 15.2. The fraction of sp³-hybridized carbons (Fsp3) is 0.667. The van der Waals surface area contributed by atoms with Crippen LogP contribution in [0, 0.1) is 5.92 Å². The van der Waals surface area contributed by atoms with Gasteiger partial charge in [-0.05, 0) is 49.3 Å². The van der Waals surface area contributed by atoms with Crippen molar-refractivity contribution >= 4 is 11.4 Å². The van der Waals surface area contributed by atoms with Crippen LogP contribution in [-0.2, 0) is 6.42 Å². The predicted molar refractivity (Wildman–Crippen MR) is 89.8 cm³/mol. The lowest BCUT2D eigenvalue weighted by molar-refractivity contribution is 0.507. The van der Waals surface area contributed by atoms with Gasteiger partial charge in [0.2, 0.25) is 0 Å². The Kier molecular flexibility index (Phi) is 5.33. The van der Waals surface area contributed by atoms with Crippen molar-refractivity contribution in [3.8, 4) is 0 Å². The molecule has 1 aromatic carbocycles. The first-order valence-corrected chi connectivity index (χ1v) is 8.29. The van der Waals surface area contributed by atoms with Gasteiger partial charge in [-0.1, -0.05) is 33.8 Å². The van der Waals surface area contributed by atoms with E-state index in [2.05, 4.69) is 56.1 Å². The zero-order valence-corrected chi connectivity index (χ0v) is 13.6. The Morgan fingerprint density at radius 3 is 2.60 bits per heavy atom. The van der Waals surface area contributed by atoms with Gasteiger partial charge in [-0.3, -0.25) is 0 Å². The highest BCUT2D eigenvalue weighted by Crippen LogP contribution is 2.30. The zero-order valence-electron chi connectivity index (χ0n) is 13.6. The van der Waals surface area contributed by atoms with Crippen molar-refractivity contribution in [1.29, 1.82) is 0 Å². The van der Waals surface area contributed by atoms with Crippen LogP contribution in [0.2, 0.25) is 0 Å². The van der Waals surface area contributed by atoms with Gasteiger partial charge in [-0.25, -0.2) is 0 Å². The van der Waals surface area contributed by atoms with Crippen molar-refractivity contribution in [3.63, 3.8) is 0 Å². The minimum Gasteiger partial charge on any atom is -0.385 e. The lowest BCUT2D eigenvalue weighted by Gasteiger charge is -2.35. The molecule has 1 aliphatic rings. The van der Waals surface area contributed by atoms with Crippen LogP contribution in [0.4, 0.5) is 11.4 Å². The molecule has 112 valence electrons. The van der Waals surface area contributed by atoms with E-state index >= 15 is 0 Å². The van der Waals surface area contributed by atoms with Crippen molar-refractivity contribution in [1.82, 2.24) is 0 Å². The summed E-state index contributed by atoms with van der Waals surface area (Å²) in [7, 11) is 0. The standard InChI is InChI=1S/C18H30N2/c1-5-16(6-2)20(13-14(3)4)17-10-9-15-8-7-11-19-18(15)12-17/h9-10,12,14,16,19H,5-8,11,13H2,1-4H3. The topological polar surface area (TPSA) is 15.3 Å². The summed E-state index contributed by atoms with van der Waals surface area (Å²) in [6, 6.07) is 7.67. The van der Waals surface area contributed by atoms with E-state index in [0.717, 1.165) is 13.1 Å². The Bertz CT molecular complexity index is 421. The quantitative estimate of drug-likeness (QED) is 0.809. The van der Waals surface area contributed by atoms with E-state index in [0.29, 0.717) is 12.0 Å². The van der Waals surface area contributed by atoms with Crippen LogP contribution in [0.5, 0.6) is 0 Å². The van der Waals surface area contributed by atoms with E-state index in [-0.39, 0.29) is 0 Å². The fourth-order valence-electron chi connectivity index (χ4n) is 3.22. The van der Waals surface area contributed by atoms with Crippen LogP contribution >= 0.6 is 0 Å². The second kappa shape index (κ2) is 7.01. The second-order valence-corrected chi connectivity index (χ2v) is 6.39. The molecule has 0 saturated carbocycles. The summed E-state index contributed by atoms with van der Waals surface area (Å²) in [6.07, 6.45) is 4.91. The van der Waals surface area contributed by atoms with Crippen molar-refractivity contribution < 1.29 is 0 Å². The first-order valence-electron chi connectivity index (χ1n) is 8.29. The van der Waals surface area contributed by atoms with E-state index in [4.69, 9.17) is 0 Å². The molecule has 0 spiro atoms. The van der Waals surface area contributed by atoms with E-state index in [1.807, 2.05) is 0 Å². The lowest BCUT2D eigenvalue weighted by Crippen LogP contribution is -2.37. The van der Waals surface area contributed by atoms with E-state index in [1.165, 1.54) is 42.6 Å². The molecule has 0 atom stereocenters. The number of hydrogen-bond donors (Lipinski definition) is 1. The molecule has 1 N–H and O–H groups in total. The van der Waals surface area contributed by atoms with Gasteiger partial charge >= 0.3 is 0 Å². The highest BCUT2D eigenvalue weighted by Gasteiger charge is 2.18. The number of benzene rings is 1. The molecule has 0 unspecified atom stereocenters. The minimum absolute atomic E-state index is 0.652. The number of hydrogen-bond acceptors (Lipinski definition) is 2. The van der Waals surface area contributed by atoms with Gasteiger partial charge in [0.15, 0.2) is 0 Å². The molecular weight excluding hydrogens is 244 g/mol. The molecule has 2 rings (SSSR count). The summed E-state index contributed by atoms with van der Waals surface area (Å²) in [5.74, 6) is 0.694. The summed E-state index contributed by atoms with van der Waals surface area (Å²) in [5.41, 5.74) is 4.23. The Labute approximate surface area is 124 Å². The molecule has 0 saturated heterocycles. The van der Waals surface area contributed by atoms with E-state index < -0.39 is 0 Å². The number of fused-ring (bicyclic) bond motifs is 1. The summed E-state index contributed by atoms with van der Waals surface area (Å²) >= 11 is 0. The lowest BCUT2D eigenvalue weighted by atomic mass is 10.0. The molecule has 0 aromatic heterocycles. The maximum absolute atomic E-state index is 3.56. The van der Waals surface area contributed by atoms with E-state index in [9.17, 15) is 0 Å². The van der Waals surface area contributed by atoms with Crippen LogP contribution in [0.25, 0.3) is 0 Å². The molecule has 1 heterocycles. The summed E-state index contributed by atoms with van der Waals surface area (Å²) in [5, 5.41) is 3.56. The monoisotopic (exact) mass is 274 g/mol. The number of aryl methyl sites for hydroxylation is 1.